The fraction of sp³-hybridized carbons (Fsp3) is 0.312. The lowest BCUT2D eigenvalue weighted by atomic mass is 10.2. The van der Waals surface area contributed by atoms with Crippen LogP contribution >= 0.6 is 0 Å². The van der Waals surface area contributed by atoms with E-state index in [1.807, 2.05) is 16.9 Å². The zero-order chi connectivity index (χ0) is 13.5. The van der Waals surface area contributed by atoms with Gasteiger partial charge in [0.1, 0.15) is 0 Å². The Kier molecular flexibility index (Phi) is 4.93. The van der Waals surface area contributed by atoms with Gasteiger partial charge in [0.15, 0.2) is 0 Å². The number of aryl methyl sites for hydroxylation is 1. The first kappa shape index (κ1) is 13.6. The summed E-state index contributed by atoms with van der Waals surface area (Å²) in [7, 11) is 0. The minimum Gasteiger partial charge on any atom is -0.309 e. The summed E-state index contributed by atoms with van der Waals surface area (Å²) >= 11 is 0. The summed E-state index contributed by atoms with van der Waals surface area (Å²) in [5.41, 5.74) is 2.44. The van der Waals surface area contributed by atoms with Crippen LogP contribution in [0.1, 0.15) is 18.1 Å². The zero-order valence-electron chi connectivity index (χ0n) is 11.6. The Morgan fingerprint density at radius 3 is 2.79 bits per heavy atom. The molecule has 0 aliphatic rings. The van der Waals surface area contributed by atoms with Crippen LogP contribution in [-0.2, 0) is 6.54 Å². The van der Waals surface area contributed by atoms with Crippen LogP contribution in [0.4, 0.5) is 0 Å². The third kappa shape index (κ3) is 4.72. The van der Waals surface area contributed by atoms with Gasteiger partial charge in [0.25, 0.3) is 0 Å². The standard InChI is InChI=1S/C16H21N3/c1-14-11-18-19(12-14)13-15(2)17-10-6-9-16-7-4-3-5-8-16/h3-9,11-12,15,17H,10,13H2,1-2H3/b9-6-/t15-/m1/s1. The lowest BCUT2D eigenvalue weighted by Gasteiger charge is -2.12. The van der Waals surface area contributed by atoms with E-state index >= 15 is 0 Å². The molecule has 2 aromatic rings. The van der Waals surface area contributed by atoms with Crippen molar-refractivity contribution in [2.24, 2.45) is 0 Å². The topological polar surface area (TPSA) is 29.9 Å². The SMILES string of the molecule is Cc1cnn(C[C@@H](C)NC/C=C\c2ccccc2)c1. The first-order chi connectivity index (χ1) is 9.24. The van der Waals surface area contributed by atoms with Gasteiger partial charge in [-0.1, -0.05) is 42.5 Å². The Bertz CT molecular complexity index is 514. The molecule has 0 amide bonds. The Balaban J connectivity index is 1.72. The second-order valence-electron chi connectivity index (χ2n) is 4.86. The van der Waals surface area contributed by atoms with E-state index in [0.717, 1.165) is 13.1 Å². The smallest absolute Gasteiger partial charge is 0.0560 e. The van der Waals surface area contributed by atoms with Gasteiger partial charge in [-0.2, -0.15) is 5.10 Å². The van der Waals surface area contributed by atoms with Gasteiger partial charge in [-0.15, -0.1) is 0 Å². The highest BCUT2D eigenvalue weighted by Crippen LogP contribution is 2.00. The van der Waals surface area contributed by atoms with Crippen LogP contribution in [0.3, 0.4) is 0 Å². The van der Waals surface area contributed by atoms with Crippen molar-refractivity contribution < 1.29 is 0 Å². The molecule has 0 radical (unpaired) electrons. The molecule has 0 aliphatic carbocycles. The van der Waals surface area contributed by atoms with Crippen molar-refractivity contribution in [1.29, 1.82) is 0 Å². The number of nitrogens with one attached hydrogen (secondary N) is 1. The van der Waals surface area contributed by atoms with E-state index in [9.17, 15) is 0 Å². The molecule has 19 heavy (non-hydrogen) atoms. The van der Waals surface area contributed by atoms with E-state index in [1.165, 1.54) is 11.1 Å². The van der Waals surface area contributed by atoms with Gasteiger partial charge in [-0.3, -0.25) is 4.68 Å². The van der Waals surface area contributed by atoms with Crippen molar-refractivity contribution in [2.75, 3.05) is 6.54 Å². The molecule has 2 rings (SSSR count). The highest BCUT2D eigenvalue weighted by atomic mass is 15.3. The summed E-state index contributed by atoms with van der Waals surface area (Å²) in [6.07, 6.45) is 8.25. The van der Waals surface area contributed by atoms with E-state index in [1.54, 1.807) is 0 Å². The predicted molar refractivity (Wildman–Crippen MR) is 79.9 cm³/mol. The summed E-state index contributed by atoms with van der Waals surface area (Å²) in [5.74, 6) is 0. The minimum atomic E-state index is 0.403. The number of hydrogen-bond acceptors (Lipinski definition) is 2. The quantitative estimate of drug-likeness (QED) is 0.860. The summed E-state index contributed by atoms with van der Waals surface area (Å²) in [4.78, 5) is 0. The molecule has 1 aromatic heterocycles. The van der Waals surface area contributed by atoms with Crippen molar-refractivity contribution in [2.45, 2.75) is 26.4 Å². The van der Waals surface area contributed by atoms with E-state index in [-0.39, 0.29) is 0 Å². The maximum absolute atomic E-state index is 4.29. The van der Waals surface area contributed by atoms with E-state index in [4.69, 9.17) is 0 Å². The second-order valence-corrected chi connectivity index (χ2v) is 4.86. The number of hydrogen-bond donors (Lipinski definition) is 1. The lowest BCUT2D eigenvalue weighted by molar-refractivity contribution is 0.468. The molecule has 1 aromatic carbocycles. The highest BCUT2D eigenvalue weighted by molar-refractivity contribution is 5.48. The summed E-state index contributed by atoms with van der Waals surface area (Å²) < 4.78 is 1.98. The van der Waals surface area contributed by atoms with Crippen molar-refractivity contribution >= 4 is 6.08 Å². The van der Waals surface area contributed by atoms with E-state index < -0.39 is 0 Å². The molecule has 0 unspecified atom stereocenters. The molecule has 1 atom stereocenters. The maximum Gasteiger partial charge on any atom is 0.0560 e. The normalized spacial score (nSPS) is 12.9. The number of aromatic nitrogens is 2. The van der Waals surface area contributed by atoms with Crippen molar-refractivity contribution in [3.63, 3.8) is 0 Å². The van der Waals surface area contributed by atoms with Gasteiger partial charge in [0.2, 0.25) is 0 Å². The predicted octanol–water partition coefficient (Wildman–Crippen LogP) is 2.88. The fourth-order valence-corrected chi connectivity index (χ4v) is 1.94. The molecule has 3 heteroatoms. The first-order valence-corrected chi connectivity index (χ1v) is 6.68. The van der Waals surface area contributed by atoms with Crippen LogP contribution in [0.2, 0.25) is 0 Å². The van der Waals surface area contributed by atoms with Gasteiger partial charge in [-0.25, -0.2) is 0 Å². The Labute approximate surface area is 115 Å². The number of rotatable bonds is 6. The monoisotopic (exact) mass is 255 g/mol. The van der Waals surface area contributed by atoms with E-state index in [2.05, 4.69) is 66.9 Å². The average Bonchev–Trinajstić information content (AvgIpc) is 2.81. The minimum absolute atomic E-state index is 0.403. The Hall–Kier alpha value is -1.87. The first-order valence-electron chi connectivity index (χ1n) is 6.68. The number of benzene rings is 1. The van der Waals surface area contributed by atoms with Crippen LogP contribution in [-0.4, -0.2) is 22.4 Å². The molecule has 0 spiro atoms. The third-order valence-electron chi connectivity index (χ3n) is 2.92. The van der Waals surface area contributed by atoms with Crippen molar-refractivity contribution in [3.8, 4) is 0 Å². The van der Waals surface area contributed by atoms with Crippen LogP contribution < -0.4 is 5.32 Å². The molecule has 100 valence electrons. The van der Waals surface area contributed by atoms with Crippen molar-refractivity contribution in [1.82, 2.24) is 15.1 Å². The molecular formula is C16H21N3. The zero-order valence-corrected chi connectivity index (χ0v) is 11.6. The van der Waals surface area contributed by atoms with Crippen LogP contribution in [0.15, 0.2) is 48.8 Å². The summed E-state index contributed by atoms with van der Waals surface area (Å²) in [6, 6.07) is 10.7. The lowest BCUT2D eigenvalue weighted by Crippen LogP contribution is -2.30. The molecule has 0 saturated heterocycles. The molecule has 0 fully saturated rings. The molecule has 0 bridgehead atoms. The molecule has 1 heterocycles. The van der Waals surface area contributed by atoms with Gasteiger partial charge in [0, 0.05) is 18.8 Å². The molecule has 3 nitrogen and oxygen atoms in total. The number of nitrogens with zero attached hydrogens (tertiary/aromatic N) is 2. The van der Waals surface area contributed by atoms with Crippen LogP contribution in [0, 0.1) is 6.92 Å². The molecule has 0 aliphatic heterocycles. The van der Waals surface area contributed by atoms with Gasteiger partial charge < -0.3 is 5.32 Å². The molecule has 0 saturated carbocycles. The van der Waals surface area contributed by atoms with Gasteiger partial charge in [0.05, 0.1) is 12.7 Å². The Morgan fingerprint density at radius 2 is 2.11 bits per heavy atom. The van der Waals surface area contributed by atoms with Crippen molar-refractivity contribution in [3.05, 3.63) is 59.9 Å². The largest absolute Gasteiger partial charge is 0.309 e. The maximum atomic E-state index is 4.29. The van der Waals surface area contributed by atoms with Crippen LogP contribution in [0.5, 0.6) is 0 Å². The fourth-order valence-electron chi connectivity index (χ4n) is 1.94. The van der Waals surface area contributed by atoms with Gasteiger partial charge >= 0.3 is 0 Å². The Morgan fingerprint density at radius 1 is 1.32 bits per heavy atom. The second kappa shape index (κ2) is 6.90. The molecular weight excluding hydrogens is 234 g/mol. The summed E-state index contributed by atoms with van der Waals surface area (Å²) in [5, 5.41) is 7.75. The summed E-state index contributed by atoms with van der Waals surface area (Å²) in [6.45, 7) is 6.00. The van der Waals surface area contributed by atoms with Crippen LogP contribution in [0.25, 0.3) is 6.08 Å². The molecule has 1 N–H and O–H groups in total. The highest BCUT2D eigenvalue weighted by Gasteiger charge is 2.01. The average molecular weight is 255 g/mol. The third-order valence-corrected chi connectivity index (χ3v) is 2.92. The van der Waals surface area contributed by atoms with Gasteiger partial charge in [-0.05, 0) is 25.0 Å². The van der Waals surface area contributed by atoms with E-state index in [0.29, 0.717) is 6.04 Å².